The maximum absolute atomic E-state index is 5.87. The van der Waals surface area contributed by atoms with Gasteiger partial charge in [0.05, 0.1) is 5.69 Å². The summed E-state index contributed by atoms with van der Waals surface area (Å²) < 4.78 is 1.21. The zero-order chi connectivity index (χ0) is 13.7. The summed E-state index contributed by atoms with van der Waals surface area (Å²) in [5, 5.41) is 0. The van der Waals surface area contributed by atoms with Gasteiger partial charge in [-0.2, -0.15) is 0 Å². The van der Waals surface area contributed by atoms with Crippen LogP contribution in [-0.2, 0) is 6.42 Å². The number of halogens is 1. The molecular formula is C16H25BrN2. The Bertz CT molecular complexity index is 396. The van der Waals surface area contributed by atoms with E-state index in [1.54, 1.807) is 0 Å². The van der Waals surface area contributed by atoms with Crippen molar-refractivity contribution >= 4 is 21.6 Å². The minimum atomic E-state index is 0.222. The van der Waals surface area contributed by atoms with Gasteiger partial charge in [-0.3, -0.25) is 0 Å². The highest BCUT2D eigenvalue weighted by molar-refractivity contribution is 9.10. The van der Waals surface area contributed by atoms with E-state index in [2.05, 4.69) is 46.0 Å². The van der Waals surface area contributed by atoms with E-state index < -0.39 is 0 Å². The van der Waals surface area contributed by atoms with E-state index in [4.69, 9.17) is 5.73 Å². The smallest absolute Gasteiger partial charge is 0.0510 e. The molecule has 0 aliphatic carbocycles. The van der Waals surface area contributed by atoms with E-state index in [1.165, 1.54) is 60.9 Å². The van der Waals surface area contributed by atoms with Gasteiger partial charge in [0.2, 0.25) is 0 Å². The van der Waals surface area contributed by atoms with Crippen molar-refractivity contribution in [2.24, 2.45) is 5.73 Å². The highest BCUT2D eigenvalue weighted by Crippen LogP contribution is 2.29. The van der Waals surface area contributed by atoms with Crippen LogP contribution in [0.2, 0.25) is 0 Å². The molecule has 1 heterocycles. The normalized spacial score (nSPS) is 18.8. The first kappa shape index (κ1) is 14.9. The standard InChI is InChI=1S/C16H25BrN2/c1-13(18)11-14-7-8-16(15(17)12-14)19-9-5-3-2-4-6-10-19/h7-8,12-13H,2-6,9-11,18H2,1H3. The van der Waals surface area contributed by atoms with E-state index in [1.807, 2.05) is 0 Å². The van der Waals surface area contributed by atoms with Crippen LogP contribution < -0.4 is 10.6 Å². The Balaban J connectivity index is 2.10. The lowest BCUT2D eigenvalue weighted by atomic mass is 10.1. The molecule has 1 aliphatic heterocycles. The summed E-state index contributed by atoms with van der Waals surface area (Å²) in [4.78, 5) is 2.53. The molecule has 0 amide bonds. The molecule has 2 rings (SSSR count). The van der Waals surface area contributed by atoms with Crippen LogP contribution >= 0.6 is 15.9 Å². The van der Waals surface area contributed by atoms with Crippen LogP contribution in [0, 0.1) is 0 Å². The lowest BCUT2D eigenvalue weighted by Crippen LogP contribution is -2.27. The van der Waals surface area contributed by atoms with Crippen molar-refractivity contribution in [1.82, 2.24) is 0 Å². The summed E-state index contributed by atoms with van der Waals surface area (Å²) in [7, 11) is 0. The lowest BCUT2D eigenvalue weighted by molar-refractivity contribution is 0.556. The van der Waals surface area contributed by atoms with Crippen molar-refractivity contribution < 1.29 is 0 Å². The zero-order valence-corrected chi connectivity index (χ0v) is 13.5. The van der Waals surface area contributed by atoms with Crippen LogP contribution in [0.3, 0.4) is 0 Å². The molecule has 0 aromatic heterocycles. The van der Waals surface area contributed by atoms with Crippen LogP contribution in [0.1, 0.15) is 44.6 Å². The molecule has 1 fully saturated rings. The number of hydrogen-bond donors (Lipinski definition) is 1. The molecule has 1 aliphatic rings. The van der Waals surface area contributed by atoms with Crippen molar-refractivity contribution in [2.75, 3.05) is 18.0 Å². The van der Waals surface area contributed by atoms with Crippen molar-refractivity contribution in [3.8, 4) is 0 Å². The monoisotopic (exact) mass is 324 g/mol. The van der Waals surface area contributed by atoms with Gasteiger partial charge in [-0.1, -0.05) is 25.3 Å². The minimum absolute atomic E-state index is 0.222. The SMILES string of the molecule is CC(N)Cc1ccc(N2CCCCCCC2)c(Br)c1. The first-order valence-corrected chi connectivity index (χ1v) is 8.25. The Morgan fingerprint density at radius 2 is 1.79 bits per heavy atom. The highest BCUT2D eigenvalue weighted by atomic mass is 79.9. The topological polar surface area (TPSA) is 29.3 Å². The van der Waals surface area contributed by atoms with Crippen molar-refractivity contribution in [3.63, 3.8) is 0 Å². The molecule has 0 radical (unpaired) electrons. The fraction of sp³-hybridized carbons (Fsp3) is 0.625. The fourth-order valence-corrected chi connectivity index (χ4v) is 3.47. The Labute approximate surface area is 125 Å². The Morgan fingerprint density at radius 1 is 1.16 bits per heavy atom. The Hall–Kier alpha value is -0.540. The first-order valence-electron chi connectivity index (χ1n) is 7.46. The van der Waals surface area contributed by atoms with Gasteiger partial charge in [0, 0.05) is 23.6 Å². The quantitative estimate of drug-likeness (QED) is 0.906. The number of benzene rings is 1. The number of anilines is 1. The Kier molecular flexibility index (Phi) is 5.71. The predicted molar refractivity (Wildman–Crippen MR) is 86.8 cm³/mol. The summed E-state index contributed by atoms with van der Waals surface area (Å²) in [6.45, 7) is 4.43. The molecule has 1 aromatic carbocycles. The van der Waals surface area contributed by atoms with E-state index >= 15 is 0 Å². The molecule has 2 N–H and O–H groups in total. The van der Waals surface area contributed by atoms with E-state index in [-0.39, 0.29) is 6.04 Å². The highest BCUT2D eigenvalue weighted by Gasteiger charge is 2.12. The van der Waals surface area contributed by atoms with Gasteiger partial charge in [-0.05, 0) is 59.8 Å². The van der Waals surface area contributed by atoms with Gasteiger partial charge in [-0.25, -0.2) is 0 Å². The average molecular weight is 325 g/mol. The van der Waals surface area contributed by atoms with Gasteiger partial charge in [0.1, 0.15) is 0 Å². The molecule has 0 bridgehead atoms. The average Bonchev–Trinajstić information content (AvgIpc) is 2.29. The van der Waals surface area contributed by atoms with Crippen LogP contribution in [-0.4, -0.2) is 19.1 Å². The predicted octanol–water partition coefficient (Wildman–Crippen LogP) is 4.11. The van der Waals surface area contributed by atoms with Crippen LogP contribution in [0.15, 0.2) is 22.7 Å². The number of nitrogens with two attached hydrogens (primary N) is 1. The third kappa shape index (κ3) is 4.50. The van der Waals surface area contributed by atoms with E-state index in [0.29, 0.717) is 0 Å². The van der Waals surface area contributed by atoms with Crippen LogP contribution in [0.4, 0.5) is 5.69 Å². The minimum Gasteiger partial charge on any atom is -0.371 e. The summed E-state index contributed by atoms with van der Waals surface area (Å²) in [5.41, 5.74) is 8.53. The third-order valence-corrected chi connectivity index (χ3v) is 4.40. The van der Waals surface area contributed by atoms with Crippen LogP contribution in [0.5, 0.6) is 0 Å². The largest absolute Gasteiger partial charge is 0.371 e. The molecule has 106 valence electrons. The molecule has 0 spiro atoms. The maximum Gasteiger partial charge on any atom is 0.0510 e. The molecule has 3 heteroatoms. The van der Waals surface area contributed by atoms with Gasteiger partial charge < -0.3 is 10.6 Å². The number of hydrogen-bond acceptors (Lipinski definition) is 2. The summed E-state index contributed by atoms with van der Waals surface area (Å²) in [6.07, 6.45) is 7.72. The van der Waals surface area contributed by atoms with Gasteiger partial charge in [0.25, 0.3) is 0 Å². The maximum atomic E-state index is 5.87. The molecule has 1 aromatic rings. The Morgan fingerprint density at radius 3 is 2.37 bits per heavy atom. The second kappa shape index (κ2) is 7.30. The van der Waals surface area contributed by atoms with Crippen LogP contribution in [0.25, 0.3) is 0 Å². The van der Waals surface area contributed by atoms with Gasteiger partial charge >= 0.3 is 0 Å². The molecule has 0 saturated carbocycles. The van der Waals surface area contributed by atoms with E-state index in [0.717, 1.165) is 6.42 Å². The summed E-state index contributed by atoms with van der Waals surface area (Å²) >= 11 is 3.74. The second-order valence-electron chi connectivity index (χ2n) is 5.72. The lowest BCUT2D eigenvalue weighted by Gasteiger charge is -2.28. The fourth-order valence-electron chi connectivity index (χ4n) is 2.79. The molecule has 2 nitrogen and oxygen atoms in total. The molecule has 1 atom stereocenters. The molecule has 1 saturated heterocycles. The van der Waals surface area contributed by atoms with E-state index in [9.17, 15) is 0 Å². The van der Waals surface area contributed by atoms with Crippen molar-refractivity contribution in [1.29, 1.82) is 0 Å². The second-order valence-corrected chi connectivity index (χ2v) is 6.58. The van der Waals surface area contributed by atoms with Gasteiger partial charge in [0.15, 0.2) is 0 Å². The first-order chi connectivity index (χ1) is 9.16. The summed E-state index contributed by atoms with van der Waals surface area (Å²) in [6, 6.07) is 6.93. The molecule has 19 heavy (non-hydrogen) atoms. The van der Waals surface area contributed by atoms with Crippen molar-refractivity contribution in [3.05, 3.63) is 28.2 Å². The molecule has 1 unspecified atom stereocenters. The van der Waals surface area contributed by atoms with Crippen molar-refractivity contribution in [2.45, 2.75) is 51.5 Å². The number of nitrogens with zero attached hydrogens (tertiary/aromatic N) is 1. The number of rotatable bonds is 3. The zero-order valence-electron chi connectivity index (χ0n) is 11.9. The molecular weight excluding hydrogens is 300 g/mol. The third-order valence-electron chi connectivity index (χ3n) is 3.77. The van der Waals surface area contributed by atoms with Gasteiger partial charge in [-0.15, -0.1) is 0 Å². The summed E-state index contributed by atoms with van der Waals surface area (Å²) in [5.74, 6) is 0.